The first-order chi connectivity index (χ1) is 10.2. The molecule has 0 bridgehead atoms. The monoisotopic (exact) mass is 321 g/mol. The van der Waals surface area contributed by atoms with Crippen molar-refractivity contribution in [2.45, 2.75) is 45.2 Å². The fraction of sp³-hybridized carbons (Fsp3) is 0.867. The normalized spacial score (nSPS) is 33.5. The van der Waals surface area contributed by atoms with E-state index >= 15 is 0 Å². The molecule has 2 fully saturated rings. The zero-order valence-electron chi connectivity index (χ0n) is 12.6. The SMILES string of the molecule is CC1CC(C(=O)O)CN(C(=O)C2CCCC(C(F)(F)F)C2)C1. The van der Waals surface area contributed by atoms with Crippen LogP contribution in [0.5, 0.6) is 0 Å². The Bertz CT molecular complexity index is 438. The van der Waals surface area contributed by atoms with Crippen molar-refractivity contribution in [1.82, 2.24) is 4.90 Å². The van der Waals surface area contributed by atoms with E-state index in [9.17, 15) is 22.8 Å². The van der Waals surface area contributed by atoms with Crippen LogP contribution in [0.25, 0.3) is 0 Å². The molecule has 22 heavy (non-hydrogen) atoms. The standard InChI is InChI=1S/C15H22F3NO3/c1-9-5-11(14(21)22)8-19(7-9)13(20)10-3-2-4-12(6-10)15(16,17)18/h9-12H,2-8H2,1H3,(H,21,22). The lowest BCUT2D eigenvalue weighted by Crippen LogP contribution is -2.48. The van der Waals surface area contributed by atoms with Crippen LogP contribution in [0.2, 0.25) is 0 Å². The molecular formula is C15H22F3NO3. The quantitative estimate of drug-likeness (QED) is 0.851. The van der Waals surface area contributed by atoms with Crippen LogP contribution >= 0.6 is 0 Å². The lowest BCUT2D eigenvalue weighted by atomic mass is 9.79. The molecule has 4 unspecified atom stereocenters. The van der Waals surface area contributed by atoms with Gasteiger partial charge in [0.15, 0.2) is 0 Å². The van der Waals surface area contributed by atoms with Crippen molar-refractivity contribution in [3.63, 3.8) is 0 Å². The van der Waals surface area contributed by atoms with Crippen LogP contribution < -0.4 is 0 Å². The number of amides is 1. The van der Waals surface area contributed by atoms with Crippen LogP contribution in [0.1, 0.15) is 39.0 Å². The van der Waals surface area contributed by atoms with Crippen molar-refractivity contribution >= 4 is 11.9 Å². The van der Waals surface area contributed by atoms with E-state index in [0.29, 0.717) is 25.8 Å². The number of carbonyl (C=O) groups is 2. The van der Waals surface area contributed by atoms with Gasteiger partial charge < -0.3 is 10.0 Å². The van der Waals surface area contributed by atoms with E-state index in [1.807, 2.05) is 6.92 Å². The summed E-state index contributed by atoms with van der Waals surface area (Å²) in [6.45, 7) is 2.43. The molecule has 7 heteroatoms. The summed E-state index contributed by atoms with van der Waals surface area (Å²) < 4.78 is 38.5. The Labute approximate surface area is 127 Å². The summed E-state index contributed by atoms with van der Waals surface area (Å²) in [5, 5.41) is 9.13. The Balaban J connectivity index is 2.02. The number of carboxylic acids is 1. The largest absolute Gasteiger partial charge is 0.481 e. The fourth-order valence-electron chi connectivity index (χ4n) is 3.68. The maximum Gasteiger partial charge on any atom is 0.391 e. The van der Waals surface area contributed by atoms with Gasteiger partial charge in [0.2, 0.25) is 5.91 Å². The molecule has 1 aliphatic heterocycles. The summed E-state index contributed by atoms with van der Waals surface area (Å²) >= 11 is 0. The number of carbonyl (C=O) groups excluding carboxylic acids is 1. The van der Waals surface area contributed by atoms with Crippen LogP contribution in [0.3, 0.4) is 0 Å². The number of rotatable bonds is 2. The van der Waals surface area contributed by atoms with Crippen molar-refractivity contribution in [2.75, 3.05) is 13.1 Å². The molecule has 2 rings (SSSR count). The molecule has 1 aliphatic carbocycles. The van der Waals surface area contributed by atoms with E-state index in [1.165, 1.54) is 4.90 Å². The maximum absolute atomic E-state index is 12.8. The van der Waals surface area contributed by atoms with Crippen molar-refractivity contribution < 1.29 is 27.9 Å². The minimum atomic E-state index is -4.25. The first-order valence-corrected chi connectivity index (χ1v) is 7.76. The third-order valence-electron chi connectivity index (χ3n) is 4.81. The van der Waals surface area contributed by atoms with Gasteiger partial charge in [0.25, 0.3) is 0 Å². The second kappa shape index (κ2) is 6.46. The predicted molar refractivity (Wildman–Crippen MR) is 73.0 cm³/mol. The first-order valence-electron chi connectivity index (χ1n) is 7.76. The second-order valence-corrected chi connectivity index (χ2v) is 6.72. The van der Waals surface area contributed by atoms with E-state index in [4.69, 9.17) is 5.11 Å². The molecule has 1 saturated carbocycles. The van der Waals surface area contributed by atoms with Crippen LogP contribution in [-0.2, 0) is 9.59 Å². The van der Waals surface area contributed by atoms with Crippen molar-refractivity contribution in [3.8, 4) is 0 Å². The van der Waals surface area contributed by atoms with Crippen LogP contribution in [0.15, 0.2) is 0 Å². The third-order valence-corrected chi connectivity index (χ3v) is 4.81. The van der Waals surface area contributed by atoms with Gasteiger partial charge in [-0.1, -0.05) is 13.3 Å². The van der Waals surface area contributed by atoms with Gasteiger partial charge in [-0.3, -0.25) is 9.59 Å². The van der Waals surface area contributed by atoms with Crippen molar-refractivity contribution in [2.24, 2.45) is 23.7 Å². The van der Waals surface area contributed by atoms with E-state index in [1.54, 1.807) is 0 Å². The summed E-state index contributed by atoms with van der Waals surface area (Å²) in [4.78, 5) is 25.1. The molecule has 4 nitrogen and oxygen atoms in total. The molecule has 4 atom stereocenters. The number of carboxylic acid groups (broad SMARTS) is 1. The van der Waals surface area contributed by atoms with Crippen molar-refractivity contribution in [3.05, 3.63) is 0 Å². The molecular weight excluding hydrogens is 299 g/mol. The molecule has 0 aromatic heterocycles. The number of hydrogen-bond donors (Lipinski definition) is 1. The molecule has 1 amide bonds. The van der Waals surface area contributed by atoms with Crippen LogP contribution in [0, 0.1) is 23.7 Å². The molecule has 1 N–H and O–H groups in total. The zero-order valence-corrected chi connectivity index (χ0v) is 12.6. The van der Waals surface area contributed by atoms with Crippen LogP contribution in [0.4, 0.5) is 13.2 Å². The average Bonchev–Trinajstić information content (AvgIpc) is 2.45. The fourth-order valence-corrected chi connectivity index (χ4v) is 3.68. The molecule has 0 aromatic carbocycles. The molecule has 126 valence electrons. The van der Waals surface area contributed by atoms with Gasteiger partial charge in [-0.15, -0.1) is 0 Å². The van der Waals surface area contributed by atoms with E-state index in [2.05, 4.69) is 0 Å². The Morgan fingerprint density at radius 3 is 2.36 bits per heavy atom. The first kappa shape index (κ1) is 17.1. The summed E-state index contributed by atoms with van der Waals surface area (Å²) in [6, 6.07) is 0. The average molecular weight is 321 g/mol. The highest BCUT2D eigenvalue weighted by Crippen LogP contribution is 2.40. The molecule has 0 aromatic rings. The summed E-state index contributed by atoms with van der Waals surface area (Å²) in [5.74, 6) is -3.84. The van der Waals surface area contributed by atoms with Gasteiger partial charge in [0.05, 0.1) is 11.8 Å². The van der Waals surface area contributed by atoms with Gasteiger partial charge in [-0.2, -0.15) is 13.2 Å². The lowest BCUT2D eigenvalue weighted by Gasteiger charge is -2.38. The van der Waals surface area contributed by atoms with Crippen LogP contribution in [-0.4, -0.2) is 41.1 Å². The predicted octanol–water partition coefficient (Wildman–Crippen LogP) is 2.92. The Hall–Kier alpha value is -1.27. The Morgan fingerprint density at radius 1 is 1.09 bits per heavy atom. The molecule has 0 spiro atoms. The van der Waals surface area contributed by atoms with Gasteiger partial charge in [-0.25, -0.2) is 0 Å². The van der Waals surface area contributed by atoms with E-state index in [-0.39, 0.29) is 31.2 Å². The number of hydrogen-bond acceptors (Lipinski definition) is 2. The number of piperidine rings is 1. The second-order valence-electron chi connectivity index (χ2n) is 6.72. The minimum absolute atomic E-state index is 0.0563. The number of aliphatic carboxylic acids is 1. The molecule has 0 radical (unpaired) electrons. The van der Waals surface area contributed by atoms with Gasteiger partial charge in [0, 0.05) is 19.0 Å². The highest BCUT2D eigenvalue weighted by Gasteiger charge is 2.45. The zero-order chi connectivity index (χ0) is 16.5. The number of halogens is 3. The molecule has 2 aliphatic rings. The van der Waals surface area contributed by atoms with Gasteiger partial charge in [0.1, 0.15) is 0 Å². The number of alkyl halides is 3. The highest BCUT2D eigenvalue weighted by molar-refractivity contribution is 5.80. The van der Waals surface area contributed by atoms with Gasteiger partial charge >= 0.3 is 12.1 Å². The topological polar surface area (TPSA) is 57.6 Å². The number of likely N-dealkylation sites (tertiary alicyclic amines) is 1. The molecule has 1 saturated heterocycles. The lowest BCUT2D eigenvalue weighted by molar-refractivity contribution is -0.187. The van der Waals surface area contributed by atoms with Crippen molar-refractivity contribution in [1.29, 1.82) is 0 Å². The Kier molecular flexibility index (Phi) is 5.02. The van der Waals surface area contributed by atoms with E-state index < -0.39 is 29.9 Å². The highest BCUT2D eigenvalue weighted by atomic mass is 19.4. The maximum atomic E-state index is 12.8. The molecule has 1 heterocycles. The smallest absolute Gasteiger partial charge is 0.391 e. The minimum Gasteiger partial charge on any atom is -0.481 e. The summed E-state index contributed by atoms with van der Waals surface area (Å²) in [7, 11) is 0. The summed E-state index contributed by atoms with van der Waals surface area (Å²) in [5.41, 5.74) is 0. The summed E-state index contributed by atoms with van der Waals surface area (Å²) in [6.07, 6.45) is -2.96. The number of nitrogens with zero attached hydrogens (tertiary/aromatic N) is 1. The Morgan fingerprint density at radius 2 is 1.77 bits per heavy atom. The third kappa shape index (κ3) is 3.93. The van der Waals surface area contributed by atoms with E-state index in [0.717, 1.165) is 0 Å². The van der Waals surface area contributed by atoms with Gasteiger partial charge in [-0.05, 0) is 31.6 Å².